The van der Waals surface area contributed by atoms with Gasteiger partial charge in [0.15, 0.2) is 4.60 Å². The van der Waals surface area contributed by atoms with E-state index in [4.69, 9.17) is 9.63 Å². The highest BCUT2D eigenvalue weighted by Crippen LogP contribution is 2.30. The fraction of sp³-hybridized carbons (Fsp3) is 0.667. The molecule has 1 fully saturated rings. The lowest BCUT2D eigenvalue weighted by Crippen LogP contribution is -2.28. The molecule has 1 aliphatic rings. The zero-order valence-corrected chi connectivity index (χ0v) is 9.38. The van der Waals surface area contributed by atoms with Gasteiger partial charge in [-0.1, -0.05) is 5.16 Å². The van der Waals surface area contributed by atoms with Crippen LogP contribution in [0.1, 0.15) is 30.1 Å². The first-order chi connectivity index (χ1) is 6.83. The minimum absolute atomic E-state index is 0.0179. The zero-order valence-electron chi connectivity index (χ0n) is 7.79. The predicted octanol–water partition coefficient (Wildman–Crippen LogP) is 1.40. The fourth-order valence-electron chi connectivity index (χ4n) is 1.84. The van der Waals surface area contributed by atoms with E-state index >= 15 is 0 Å². The third kappa shape index (κ3) is 1.85. The summed E-state index contributed by atoms with van der Waals surface area (Å²) in [5, 5.41) is 16.3. The molecule has 5 heteroatoms. The quantitative estimate of drug-likeness (QED) is 0.844. The van der Waals surface area contributed by atoms with Gasteiger partial charge in [0.2, 0.25) is 0 Å². The second-order valence-corrected chi connectivity index (χ2v) is 4.27. The summed E-state index contributed by atoms with van der Waals surface area (Å²) < 4.78 is 5.85. The van der Waals surface area contributed by atoms with Crippen LogP contribution in [0.25, 0.3) is 0 Å². The van der Waals surface area contributed by atoms with Crippen LogP contribution in [0, 0.1) is 0 Å². The second kappa shape index (κ2) is 4.42. The number of nitrogens with zero attached hydrogens (tertiary/aromatic N) is 1. The number of hydrogen-bond donors (Lipinski definition) is 2. The van der Waals surface area contributed by atoms with Gasteiger partial charge in [-0.25, -0.2) is 0 Å². The topological polar surface area (TPSA) is 58.3 Å². The lowest BCUT2D eigenvalue weighted by Gasteiger charge is -2.20. The maximum Gasteiger partial charge on any atom is 0.155 e. The van der Waals surface area contributed by atoms with Crippen molar-refractivity contribution in [3.63, 3.8) is 0 Å². The van der Waals surface area contributed by atoms with E-state index in [1.807, 2.05) is 0 Å². The molecule has 2 N–H and O–H groups in total. The first-order valence-electron chi connectivity index (χ1n) is 4.78. The molecule has 78 valence electrons. The average Bonchev–Trinajstić information content (AvgIpc) is 2.61. The van der Waals surface area contributed by atoms with Crippen LogP contribution < -0.4 is 5.32 Å². The van der Waals surface area contributed by atoms with Crippen molar-refractivity contribution in [1.82, 2.24) is 10.5 Å². The normalized spacial score (nSPS) is 22.6. The van der Waals surface area contributed by atoms with Crippen molar-refractivity contribution in [2.45, 2.75) is 25.4 Å². The molecule has 0 spiro atoms. The molecule has 0 aromatic carbocycles. The van der Waals surface area contributed by atoms with E-state index < -0.39 is 0 Å². The van der Waals surface area contributed by atoms with Gasteiger partial charge in [0.25, 0.3) is 0 Å². The van der Waals surface area contributed by atoms with Crippen LogP contribution in [0.5, 0.6) is 0 Å². The van der Waals surface area contributed by atoms with Crippen LogP contribution in [0.2, 0.25) is 0 Å². The molecule has 1 atom stereocenters. The van der Waals surface area contributed by atoms with E-state index in [0.717, 1.165) is 37.3 Å². The first-order valence-corrected chi connectivity index (χ1v) is 5.57. The lowest BCUT2D eigenvalue weighted by atomic mass is 9.95. The third-order valence-corrected chi connectivity index (χ3v) is 3.22. The van der Waals surface area contributed by atoms with Crippen LogP contribution in [0.3, 0.4) is 0 Å². The van der Waals surface area contributed by atoms with Gasteiger partial charge in [-0.05, 0) is 35.3 Å². The number of rotatable bonds is 2. The Morgan fingerprint density at radius 3 is 3.14 bits per heavy atom. The summed E-state index contributed by atoms with van der Waals surface area (Å²) >= 11 is 3.26. The molecule has 0 saturated carbocycles. The van der Waals surface area contributed by atoms with Crippen molar-refractivity contribution in [2.75, 3.05) is 13.1 Å². The molecule has 1 saturated heterocycles. The van der Waals surface area contributed by atoms with Crippen molar-refractivity contribution in [3.8, 4) is 0 Å². The second-order valence-electron chi connectivity index (χ2n) is 3.52. The molecule has 2 rings (SSSR count). The largest absolute Gasteiger partial charge is 0.391 e. The Hall–Kier alpha value is -0.390. The van der Waals surface area contributed by atoms with Crippen molar-refractivity contribution in [2.24, 2.45) is 0 Å². The van der Waals surface area contributed by atoms with E-state index in [0.29, 0.717) is 10.5 Å². The van der Waals surface area contributed by atoms with E-state index in [1.54, 1.807) is 0 Å². The van der Waals surface area contributed by atoms with Gasteiger partial charge in [-0.15, -0.1) is 0 Å². The minimum atomic E-state index is -0.0179. The zero-order chi connectivity index (χ0) is 9.97. The van der Waals surface area contributed by atoms with Gasteiger partial charge in [-0.2, -0.15) is 0 Å². The molecule has 0 amide bonds. The van der Waals surface area contributed by atoms with E-state index in [-0.39, 0.29) is 6.61 Å². The van der Waals surface area contributed by atoms with Crippen LogP contribution in [-0.2, 0) is 6.61 Å². The molecule has 2 heterocycles. The summed E-state index contributed by atoms with van der Waals surface area (Å²) in [7, 11) is 0. The van der Waals surface area contributed by atoms with Crippen LogP contribution >= 0.6 is 15.9 Å². The average molecular weight is 261 g/mol. The van der Waals surface area contributed by atoms with Gasteiger partial charge < -0.3 is 14.9 Å². The lowest BCUT2D eigenvalue weighted by molar-refractivity contribution is 0.270. The van der Waals surface area contributed by atoms with Gasteiger partial charge in [0.05, 0.1) is 12.2 Å². The molecule has 4 nitrogen and oxygen atoms in total. The van der Waals surface area contributed by atoms with Crippen LogP contribution in [0.4, 0.5) is 0 Å². The summed E-state index contributed by atoms with van der Waals surface area (Å²) in [5.74, 6) is 1.18. The smallest absolute Gasteiger partial charge is 0.155 e. The monoisotopic (exact) mass is 260 g/mol. The number of aromatic nitrogens is 1. The standard InChI is InChI=1S/C9H13BrN2O2/c10-9-7(5-13)8(14-12-9)6-2-1-3-11-4-6/h6,11,13H,1-5H2. The predicted molar refractivity (Wildman–Crippen MR) is 55.0 cm³/mol. The highest BCUT2D eigenvalue weighted by Gasteiger charge is 2.24. The molecule has 1 aliphatic heterocycles. The molecule has 0 radical (unpaired) electrons. The van der Waals surface area contributed by atoms with Crippen molar-refractivity contribution >= 4 is 15.9 Å². The number of piperidine rings is 1. The molecule has 1 aromatic heterocycles. The van der Waals surface area contributed by atoms with Gasteiger partial charge >= 0.3 is 0 Å². The van der Waals surface area contributed by atoms with E-state index in [9.17, 15) is 0 Å². The Bertz CT molecular complexity index is 308. The Balaban J connectivity index is 2.21. The number of hydrogen-bond acceptors (Lipinski definition) is 4. The van der Waals surface area contributed by atoms with E-state index in [2.05, 4.69) is 26.4 Å². The maximum atomic E-state index is 9.17. The number of aliphatic hydroxyl groups is 1. The van der Waals surface area contributed by atoms with Gasteiger partial charge in [-0.3, -0.25) is 0 Å². The SMILES string of the molecule is OCc1c(Br)noc1C1CCCNC1. The van der Waals surface area contributed by atoms with Crippen molar-refractivity contribution in [3.05, 3.63) is 15.9 Å². The summed E-state index contributed by atoms with van der Waals surface area (Å²) in [6.45, 7) is 1.96. The summed E-state index contributed by atoms with van der Waals surface area (Å²) in [6, 6.07) is 0. The molecular formula is C9H13BrN2O2. The fourth-order valence-corrected chi connectivity index (χ4v) is 2.23. The number of nitrogens with one attached hydrogen (secondary N) is 1. The van der Waals surface area contributed by atoms with Gasteiger partial charge in [0, 0.05) is 12.5 Å². The Labute approximate surface area is 90.8 Å². The maximum absolute atomic E-state index is 9.17. The minimum Gasteiger partial charge on any atom is -0.391 e. The van der Waals surface area contributed by atoms with Crippen LogP contribution in [0.15, 0.2) is 9.13 Å². The number of halogens is 1. The first kappa shape index (κ1) is 10.1. The third-order valence-electron chi connectivity index (χ3n) is 2.60. The highest BCUT2D eigenvalue weighted by atomic mass is 79.9. The summed E-state index contributed by atoms with van der Waals surface area (Å²) in [5.41, 5.74) is 0.790. The molecule has 1 aromatic rings. The molecule has 0 bridgehead atoms. The summed E-state index contributed by atoms with van der Waals surface area (Å²) in [6.07, 6.45) is 2.25. The molecule has 1 unspecified atom stereocenters. The highest BCUT2D eigenvalue weighted by molar-refractivity contribution is 9.10. The van der Waals surface area contributed by atoms with Crippen molar-refractivity contribution in [1.29, 1.82) is 0 Å². The van der Waals surface area contributed by atoms with E-state index in [1.165, 1.54) is 0 Å². The Morgan fingerprint density at radius 2 is 2.50 bits per heavy atom. The number of aliphatic hydroxyl groups excluding tert-OH is 1. The Kier molecular flexibility index (Phi) is 3.20. The molecule has 14 heavy (non-hydrogen) atoms. The van der Waals surface area contributed by atoms with Crippen LogP contribution in [-0.4, -0.2) is 23.4 Å². The molecular weight excluding hydrogens is 248 g/mol. The van der Waals surface area contributed by atoms with Gasteiger partial charge in [0.1, 0.15) is 5.76 Å². The molecule has 0 aliphatic carbocycles. The Morgan fingerprint density at radius 1 is 1.64 bits per heavy atom. The van der Waals surface area contributed by atoms with Crippen molar-refractivity contribution < 1.29 is 9.63 Å². The summed E-state index contributed by atoms with van der Waals surface area (Å²) in [4.78, 5) is 0.